The summed E-state index contributed by atoms with van der Waals surface area (Å²) in [5.74, 6) is 0. The van der Waals surface area contributed by atoms with Gasteiger partial charge in [-0.1, -0.05) is 13.3 Å². The first kappa shape index (κ1) is 11.6. The van der Waals surface area contributed by atoms with Crippen molar-refractivity contribution in [3.05, 3.63) is 18.0 Å². The lowest BCUT2D eigenvalue weighted by molar-refractivity contribution is 0.184. The quantitative estimate of drug-likeness (QED) is 0.825. The van der Waals surface area contributed by atoms with Gasteiger partial charge in [-0.05, 0) is 12.5 Å². The molecular formula is C12H22N4. The van der Waals surface area contributed by atoms with Crippen LogP contribution in [0.1, 0.15) is 25.5 Å². The molecule has 1 fully saturated rings. The Balaban J connectivity index is 1.85. The zero-order valence-corrected chi connectivity index (χ0v) is 10.3. The van der Waals surface area contributed by atoms with Gasteiger partial charge >= 0.3 is 0 Å². The second-order valence-corrected chi connectivity index (χ2v) is 4.66. The van der Waals surface area contributed by atoms with Gasteiger partial charge < -0.3 is 5.32 Å². The fourth-order valence-corrected chi connectivity index (χ4v) is 2.36. The molecule has 1 N–H and O–H groups in total. The van der Waals surface area contributed by atoms with E-state index in [1.54, 1.807) is 0 Å². The molecule has 0 radical (unpaired) electrons. The van der Waals surface area contributed by atoms with Crippen LogP contribution in [0.4, 0.5) is 0 Å². The van der Waals surface area contributed by atoms with E-state index >= 15 is 0 Å². The van der Waals surface area contributed by atoms with E-state index in [0.29, 0.717) is 6.04 Å². The Morgan fingerprint density at radius 2 is 2.44 bits per heavy atom. The Hall–Kier alpha value is -0.870. The first-order valence-electron chi connectivity index (χ1n) is 6.22. The zero-order chi connectivity index (χ0) is 11.4. The minimum Gasteiger partial charge on any atom is -0.311 e. The number of aryl methyl sites for hydroxylation is 1. The van der Waals surface area contributed by atoms with Crippen LogP contribution in [-0.4, -0.2) is 40.4 Å². The van der Waals surface area contributed by atoms with Crippen LogP contribution in [-0.2, 0) is 13.6 Å². The summed E-state index contributed by atoms with van der Waals surface area (Å²) < 4.78 is 1.88. The second kappa shape index (κ2) is 5.46. The van der Waals surface area contributed by atoms with Crippen molar-refractivity contribution in [2.45, 2.75) is 32.4 Å². The summed E-state index contributed by atoms with van der Waals surface area (Å²) in [5, 5.41) is 8.00. The van der Waals surface area contributed by atoms with Crippen molar-refractivity contribution in [3.8, 4) is 0 Å². The lowest BCUT2D eigenvalue weighted by Crippen LogP contribution is -2.50. The fraction of sp³-hybridized carbons (Fsp3) is 0.750. The third-order valence-electron chi connectivity index (χ3n) is 3.13. The number of hydrogen-bond donors (Lipinski definition) is 1. The molecule has 0 aromatic carbocycles. The molecular weight excluding hydrogens is 200 g/mol. The molecule has 0 saturated carbocycles. The number of nitrogens with one attached hydrogen (secondary N) is 1. The number of hydrogen-bond acceptors (Lipinski definition) is 3. The highest BCUT2D eigenvalue weighted by atomic mass is 15.3. The number of nitrogens with zero attached hydrogens (tertiary/aromatic N) is 3. The summed E-state index contributed by atoms with van der Waals surface area (Å²) in [4.78, 5) is 2.50. The summed E-state index contributed by atoms with van der Waals surface area (Å²) in [6.45, 7) is 6.64. The number of rotatable bonds is 4. The van der Waals surface area contributed by atoms with Gasteiger partial charge in [-0.2, -0.15) is 5.10 Å². The molecule has 4 heteroatoms. The Labute approximate surface area is 97.6 Å². The topological polar surface area (TPSA) is 33.1 Å². The van der Waals surface area contributed by atoms with Crippen molar-refractivity contribution >= 4 is 0 Å². The van der Waals surface area contributed by atoms with Crippen LogP contribution in [0.2, 0.25) is 0 Å². The molecule has 0 amide bonds. The highest BCUT2D eigenvalue weighted by Crippen LogP contribution is 2.08. The van der Waals surface area contributed by atoms with Crippen molar-refractivity contribution in [2.24, 2.45) is 7.05 Å². The Kier molecular flexibility index (Phi) is 3.96. The number of aromatic nitrogens is 2. The van der Waals surface area contributed by atoms with Crippen molar-refractivity contribution in [2.75, 3.05) is 19.6 Å². The molecule has 2 rings (SSSR count). The predicted molar refractivity (Wildman–Crippen MR) is 65.2 cm³/mol. The molecule has 0 aliphatic carbocycles. The molecule has 0 spiro atoms. The van der Waals surface area contributed by atoms with Gasteiger partial charge in [0.15, 0.2) is 0 Å². The van der Waals surface area contributed by atoms with Crippen molar-refractivity contribution in [3.63, 3.8) is 0 Å². The van der Waals surface area contributed by atoms with Gasteiger partial charge in [-0.3, -0.25) is 9.58 Å². The van der Waals surface area contributed by atoms with E-state index in [0.717, 1.165) is 26.2 Å². The Bertz CT molecular complexity index is 319. The zero-order valence-electron chi connectivity index (χ0n) is 10.3. The monoisotopic (exact) mass is 222 g/mol. The van der Waals surface area contributed by atoms with Gasteiger partial charge in [0, 0.05) is 45.5 Å². The summed E-state index contributed by atoms with van der Waals surface area (Å²) >= 11 is 0. The van der Waals surface area contributed by atoms with Crippen molar-refractivity contribution in [1.29, 1.82) is 0 Å². The molecule has 1 aromatic rings. The maximum atomic E-state index is 4.43. The molecule has 1 unspecified atom stereocenters. The van der Waals surface area contributed by atoms with Gasteiger partial charge in [0.25, 0.3) is 0 Å². The number of piperazine rings is 1. The summed E-state index contributed by atoms with van der Waals surface area (Å²) in [7, 11) is 1.97. The third-order valence-corrected chi connectivity index (χ3v) is 3.13. The van der Waals surface area contributed by atoms with Crippen LogP contribution in [0.5, 0.6) is 0 Å². The molecule has 1 aromatic heterocycles. The van der Waals surface area contributed by atoms with Crippen LogP contribution in [0.3, 0.4) is 0 Å². The minimum atomic E-state index is 0.669. The summed E-state index contributed by atoms with van der Waals surface area (Å²) in [6, 6.07) is 2.78. The van der Waals surface area contributed by atoms with Crippen molar-refractivity contribution < 1.29 is 0 Å². The van der Waals surface area contributed by atoms with E-state index in [4.69, 9.17) is 0 Å². The largest absolute Gasteiger partial charge is 0.311 e. The maximum absolute atomic E-state index is 4.43. The molecule has 1 aliphatic rings. The van der Waals surface area contributed by atoms with Gasteiger partial charge in [-0.25, -0.2) is 0 Å². The first-order chi connectivity index (χ1) is 7.78. The second-order valence-electron chi connectivity index (χ2n) is 4.66. The fourth-order valence-electron chi connectivity index (χ4n) is 2.36. The van der Waals surface area contributed by atoms with Crippen LogP contribution >= 0.6 is 0 Å². The molecule has 4 nitrogen and oxygen atoms in total. The van der Waals surface area contributed by atoms with Gasteiger partial charge in [0.05, 0.1) is 5.69 Å². The van der Waals surface area contributed by atoms with Crippen molar-refractivity contribution in [1.82, 2.24) is 20.0 Å². The van der Waals surface area contributed by atoms with Gasteiger partial charge in [-0.15, -0.1) is 0 Å². The standard InChI is InChI=1S/C12H22N4/c1-3-4-11-9-16(8-6-13-11)10-12-5-7-15(2)14-12/h5,7,11,13H,3-4,6,8-10H2,1-2H3. The van der Waals surface area contributed by atoms with Gasteiger partial charge in [0.1, 0.15) is 0 Å². The van der Waals surface area contributed by atoms with E-state index in [-0.39, 0.29) is 0 Å². The molecule has 1 atom stereocenters. The van der Waals surface area contributed by atoms with Crippen LogP contribution in [0.15, 0.2) is 12.3 Å². The normalized spacial score (nSPS) is 22.5. The SMILES string of the molecule is CCCC1CN(Cc2ccn(C)n2)CCN1. The summed E-state index contributed by atoms with van der Waals surface area (Å²) in [5.41, 5.74) is 1.18. The predicted octanol–water partition coefficient (Wildman–Crippen LogP) is 0.994. The smallest absolute Gasteiger partial charge is 0.0764 e. The van der Waals surface area contributed by atoms with E-state index in [1.807, 2.05) is 17.9 Å². The van der Waals surface area contributed by atoms with Crippen LogP contribution in [0.25, 0.3) is 0 Å². The first-order valence-corrected chi connectivity index (χ1v) is 6.22. The van der Waals surface area contributed by atoms with Gasteiger partial charge in [0.2, 0.25) is 0 Å². The molecule has 1 saturated heterocycles. The lowest BCUT2D eigenvalue weighted by atomic mass is 10.1. The van der Waals surface area contributed by atoms with Crippen LogP contribution in [0, 0.1) is 0 Å². The molecule has 0 bridgehead atoms. The van der Waals surface area contributed by atoms with Crippen LogP contribution < -0.4 is 5.32 Å². The highest BCUT2D eigenvalue weighted by Gasteiger charge is 2.18. The maximum Gasteiger partial charge on any atom is 0.0764 e. The van der Waals surface area contributed by atoms with E-state index in [1.165, 1.54) is 18.5 Å². The average molecular weight is 222 g/mol. The Morgan fingerprint density at radius 3 is 3.12 bits per heavy atom. The average Bonchev–Trinajstić information content (AvgIpc) is 2.65. The third kappa shape index (κ3) is 3.06. The summed E-state index contributed by atoms with van der Waals surface area (Å²) in [6.07, 6.45) is 4.55. The molecule has 1 aliphatic heterocycles. The molecule has 90 valence electrons. The minimum absolute atomic E-state index is 0.669. The molecule has 2 heterocycles. The molecule has 16 heavy (non-hydrogen) atoms. The van der Waals surface area contributed by atoms with E-state index in [2.05, 4.69) is 28.3 Å². The Morgan fingerprint density at radius 1 is 1.56 bits per heavy atom. The van der Waals surface area contributed by atoms with E-state index < -0.39 is 0 Å². The van der Waals surface area contributed by atoms with E-state index in [9.17, 15) is 0 Å². The lowest BCUT2D eigenvalue weighted by Gasteiger charge is -2.33. The highest BCUT2D eigenvalue weighted by molar-refractivity contribution is 4.99.